The van der Waals surface area contributed by atoms with Crippen LogP contribution in [0.15, 0.2) is 35.3 Å². The first-order valence-electron chi connectivity index (χ1n) is 14.0. The molecule has 2 aromatic rings. The SMILES string of the molecule is CCN(Cc1ccc(-n2ccc(NC(=O)N3CCN(C(=O)C(C)(C)N)CC3)nc2=O)cc1F)[C@H]1CC[C@H](N)CC1. The fourth-order valence-electron chi connectivity index (χ4n) is 5.38. The van der Waals surface area contributed by atoms with Crippen molar-refractivity contribution in [2.24, 2.45) is 11.5 Å². The van der Waals surface area contributed by atoms with Crippen LogP contribution in [0, 0.1) is 5.82 Å². The van der Waals surface area contributed by atoms with Gasteiger partial charge in [0.1, 0.15) is 11.6 Å². The molecule has 0 bridgehead atoms. The van der Waals surface area contributed by atoms with Crippen LogP contribution in [0.3, 0.4) is 0 Å². The van der Waals surface area contributed by atoms with Gasteiger partial charge in [-0.1, -0.05) is 13.0 Å². The minimum atomic E-state index is -0.971. The molecule has 1 saturated carbocycles. The van der Waals surface area contributed by atoms with E-state index in [-0.39, 0.29) is 23.6 Å². The van der Waals surface area contributed by atoms with Gasteiger partial charge in [0.25, 0.3) is 0 Å². The lowest BCUT2D eigenvalue weighted by Gasteiger charge is -2.37. The van der Waals surface area contributed by atoms with E-state index >= 15 is 4.39 Å². The second kappa shape index (κ2) is 12.4. The number of carbonyl (C=O) groups excluding carboxylic acids is 2. The lowest BCUT2D eigenvalue weighted by Crippen LogP contribution is -2.58. The summed E-state index contributed by atoms with van der Waals surface area (Å²) in [5, 5.41) is 2.63. The number of nitrogens with two attached hydrogens (primary N) is 2. The van der Waals surface area contributed by atoms with Crippen molar-refractivity contribution >= 4 is 17.8 Å². The lowest BCUT2D eigenvalue weighted by molar-refractivity contribution is -0.137. The molecule has 5 N–H and O–H groups in total. The van der Waals surface area contributed by atoms with Crippen LogP contribution in [0.1, 0.15) is 52.0 Å². The standard InChI is InChI=1S/C28H41FN8O3/c1-4-34(21-9-6-20(30)7-10-21)18-19-5-8-22(17-23(19)29)37-12-11-24(33-27(37)40)32-26(39)36-15-13-35(14-16-36)25(38)28(2,3)31/h5,8,11-12,17,20-21H,4,6-7,9-10,13-16,18,30-31H2,1-3H3,(H,32,33,39,40)/t20-,21-. The number of amides is 3. The molecule has 0 unspecified atom stereocenters. The maximum atomic E-state index is 15.1. The number of nitrogens with zero attached hydrogens (tertiary/aromatic N) is 5. The molecule has 12 heteroatoms. The predicted molar refractivity (Wildman–Crippen MR) is 152 cm³/mol. The zero-order valence-corrected chi connectivity index (χ0v) is 23.6. The summed E-state index contributed by atoms with van der Waals surface area (Å²) < 4.78 is 16.4. The third-order valence-corrected chi connectivity index (χ3v) is 7.80. The zero-order chi connectivity index (χ0) is 29.0. The molecule has 3 amide bonds. The third kappa shape index (κ3) is 7.04. The number of aromatic nitrogens is 2. The molecule has 0 radical (unpaired) electrons. The van der Waals surface area contributed by atoms with E-state index in [9.17, 15) is 14.4 Å². The number of urea groups is 1. The number of hydrogen-bond donors (Lipinski definition) is 3. The summed E-state index contributed by atoms with van der Waals surface area (Å²) in [5.41, 5.74) is 11.3. The normalized spacial score (nSPS) is 20.1. The minimum Gasteiger partial charge on any atom is -0.338 e. The highest BCUT2D eigenvalue weighted by Gasteiger charge is 2.31. The van der Waals surface area contributed by atoms with Gasteiger partial charge in [0.15, 0.2) is 0 Å². The molecule has 2 aliphatic rings. The number of halogens is 1. The Hall–Kier alpha value is -3.35. The Morgan fingerprint density at radius 1 is 1.10 bits per heavy atom. The first-order valence-corrected chi connectivity index (χ1v) is 14.0. The Morgan fingerprint density at radius 2 is 1.75 bits per heavy atom. The van der Waals surface area contributed by atoms with Gasteiger partial charge < -0.3 is 21.3 Å². The topological polar surface area (TPSA) is 143 Å². The van der Waals surface area contributed by atoms with Crippen molar-refractivity contribution in [3.05, 3.63) is 52.3 Å². The molecule has 2 heterocycles. The van der Waals surface area contributed by atoms with E-state index in [0.717, 1.165) is 32.2 Å². The Labute approximate surface area is 234 Å². The van der Waals surface area contributed by atoms with Crippen LogP contribution in [0.2, 0.25) is 0 Å². The van der Waals surface area contributed by atoms with Crippen LogP contribution in [0.25, 0.3) is 5.69 Å². The van der Waals surface area contributed by atoms with Gasteiger partial charge in [-0.25, -0.2) is 14.0 Å². The van der Waals surface area contributed by atoms with Gasteiger partial charge in [0.05, 0.1) is 11.2 Å². The van der Waals surface area contributed by atoms with Gasteiger partial charge in [-0.15, -0.1) is 0 Å². The first kappa shape index (κ1) is 29.6. The number of anilines is 1. The van der Waals surface area contributed by atoms with Gasteiger partial charge in [-0.05, 0) is 64.3 Å². The van der Waals surface area contributed by atoms with Gasteiger partial charge >= 0.3 is 11.7 Å². The van der Waals surface area contributed by atoms with Crippen LogP contribution in [-0.4, -0.2) is 86.5 Å². The van der Waals surface area contributed by atoms with Crippen molar-refractivity contribution in [1.82, 2.24) is 24.3 Å². The number of piperazine rings is 1. The van der Waals surface area contributed by atoms with Crippen LogP contribution < -0.4 is 22.5 Å². The number of rotatable bonds is 7. The number of benzene rings is 1. The van der Waals surface area contributed by atoms with Gasteiger partial charge in [0, 0.05) is 56.6 Å². The predicted octanol–water partition coefficient (Wildman–Crippen LogP) is 1.88. The summed E-state index contributed by atoms with van der Waals surface area (Å²) in [6.45, 7) is 8.10. The van der Waals surface area contributed by atoms with E-state index in [0.29, 0.717) is 50.0 Å². The maximum absolute atomic E-state index is 15.1. The lowest BCUT2D eigenvalue weighted by atomic mass is 9.90. The smallest absolute Gasteiger partial charge is 0.338 e. The molecular weight excluding hydrogens is 515 g/mol. The highest BCUT2D eigenvalue weighted by atomic mass is 19.1. The summed E-state index contributed by atoms with van der Waals surface area (Å²) in [4.78, 5) is 47.3. The van der Waals surface area contributed by atoms with Crippen molar-refractivity contribution in [3.63, 3.8) is 0 Å². The molecule has 0 atom stereocenters. The summed E-state index contributed by atoms with van der Waals surface area (Å²) in [6.07, 6.45) is 5.46. The Balaban J connectivity index is 1.37. The fourth-order valence-corrected chi connectivity index (χ4v) is 5.38. The molecule has 1 saturated heterocycles. The fraction of sp³-hybridized carbons (Fsp3) is 0.571. The van der Waals surface area contributed by atoms with Crippen molar-refractivity contribution in [2.45, 2.75) is 70.6 Å². The Bertz CT molecular complexity index is 1260. The molecule has 40 heavy (non-hydrogen) atoms. The minimum absolute atomic E-state index is 0.0933. The molecule has 2 fully saturated rings. The second-order valence-electron chi connectivity index (χ2n) is 11.3. The monoisotopic (exact) mass is 556 g/mol. The highest BCUT2D eigenvalue weighted by Crippen LogP contribution is 2.25. The van der Waals surface area contributed by atoms with Gasteiger partial charge in [-0.3, -0.25) is 19.6 Å². The van der Waals surface area contributed by atoms with E-state index in [1.54, 1.807) is 35.8 Å². The molecule has 11 nitrogen and oxygen atoms in total. The number of carbonyl (C=O) groups is 2. The van der Waals surface area contributed by atoms with E-state index in [1.807, 2.05) is 0 Å². The van der Waals surface area contributed by atoms with Crippen molar-refractivity contribution in [1.29, 1.82) is 0 Å². The van der Waals surface area contributed by atoms with Gasteiger partial charge in [-0.2, -0.15) is 4.98 Å². The molecule has 1 aliphatic carbocycles. The summed E-state index contributed by atoms with van der Waals surface area (Å²) >= 11 is 0. The first-order chi connectivity index (χ1) is 19.0. The largest absolute Gasteiger partial charge is 0.354 e. The molecular formula is C28H41FN8O3. The van der Waals surface area contributed by atoms with Crippen LogP contribution >= 0.6 is 0 Å². The van der Waals surface area contributed by atoms with Crippen LogP contribution in [0.4, 0.5) is 15.0 Å². The van der Waals surface area contributed by atoms with Crippen molar-refractivity contribution in [2.75, 3.05) is 38.0 Å². The summed E-state index contributed by atoms with van der Waals surface area (Å²) in [5.74, 6) is -0.460. The zero-order valence-electron chi connectivity index (χ0n) is 23.6. The molecule has 1 aliphatic heterocycles. The molecule has 1 aromatic carbocycles. The van der Waals surface area contributed by atoms with E-state index < -0.39 is 17.3 Å². The molecule has 1 aromatic heterocycles. The molecule has 0 spiro atoms. The number of nitrogens with one attached hydrogen (secondary N) is 1. The van der Waals surface area contributed by atoms with Crippen molar-refractivity contribution < 1.29 is 14.0 Å². The Morgan fingerprint density at radius 3 is 2.33 bits per heavy atom. The van der Waals surface area contributed by atoms with E-state index in [2.05, 4.69) is 22.1 Å². The highest BCUT2D eigenvalue weighted by molar-refractivity contribution is 5.89. The average molecular weight is 557 g/mol. The summed E-state index contributed by atoms with van der Waals surface area (Å²) in [6, 6.07) is 6.48. The quantitative estimate of drug-likeness (QED) is 0.473. The number of hydrogen-bond acceptors (Lipinski definition) is 7. The summed E-state index contributed by atoms with van der Waals surface area (Å²) in [7, 11) is 0. The Kier molecular flexibility index (Phi) is 9.22. The molecule has 4 rings (SSSR count). The second-order valence-corrected chi connectivity index (χ2v) is 11.3. The maximum Gasteiger partial charge on any atom is 0.354 e. The van der Waals surface area contributed by atoms with Crippen molar-refractivity contribution in [3.8, 4) is 5.69 Å². The third-order valence-electron chi connectivity index (χ3n) is 7.80. The molecule has 218 valence electrons. The van der Waals surface area contributed by atoms with Gasteiger partial charge in [0.2, 0.25) is 5.91 Å². The van der Waals surface area contributed by atoms with E-state index in [4.69, 9.17) is 11.5 Å². The van der Waals surface area contributed by atoms with Crippen LogP contribution in [0.5, 0.6) is 0 Å². The van der Waals surface area contributed by atoms with E-state index in [1.165, 1.54) is 22.9 Å². The van der Waals surface area contributed by atoms with Crippen LogP contribution in [-0.2, 0) is 11.3 Å². The average Bonchev–Trinajstić information content (AvgIpc) is 2.92.